The molecule has 1 aromatic carbocycles. The molecule has 104 valence electrons. The molecule has 1 N–H and O–H groups in total. The zero-order valence-corrected chi connectivity index (χ0v) is 11.5. The molecule has 4 nitrogen and oxygen atoms in total. The summed E-state index contributed by atoms with van der Waals surface area (Å²) in [5, 5.41) is 2.81. The Morgan fingerprint density at radius 3 is 2.75 bits per heavy atom. The second-order valence-electron chi connectivity index (χ2n) is 4.52. The molecule has 0 radical (unpaired) electrons. The van der Waals surface area contributed by atoms with E-state index in [2.05, 4.69) is 5.32 Å². The van der Waals surface area contributed by atoms with Crippen molar-refractivity contribution in [1.82, 2.24) is 10.2 Å². The van der Waals surface area contributed by atoms with Crippen molar-refractivity contribution in [2.24, 2.45) is 0 Å². The van der Waals surface area contributed by atoms with Gasteiger partial charge in [0, 0.05) is 19.2 Å². The van der Waals surface area contributed by atoms with Crippen LogP contribution in [0.15, 0.2) is 54.6 Å². The van der Waals surface area contributed by atoms with Crippen molar-refractivity contribution in [3.05, 3.63) is 60.2 Å². The quantitative estimate of drug-likeness (QED) is 0.673. The Hall–Kier alpha value is -2.36. The smallest absolute Gasteiger partial charge is 0.247 e. The number of nitrogens with zero attached hydrogens (tertiary/aromatic N) is 1. The molecular formula is C16H18N2O2. The highest BCUT2D eigenvalue weighted by Gasteiger charge is 2.33. The first-order valence-corrected chi connectivity index (χ1v) is 6.66. The predicted octanol–water partition coefficient (Wildman–Crippen LogP) is 1.82. The second kappa shape index (κ2) is 6.70. The molecule has 1 aromatic rings. The third-order valence-electron chi connectivity index (χ3n) is 3.15. The van der Waals surface area contributed by atoms with Crippen molar-refractivity contribution in [3.8, 4) is 0 Å². The van der Waals surface area contributed by atoms with Crippen LogP contribution in [0.5, 0.6) is 0 Å². The van der Waals surface area contributed by atoms with Crippen LogP contribution in [0.25, 0.3) is 0 Å². The van der Waals surface area contributed by atoms with Gasteiger partial charge in [-0.1, -0.05) is 48.6 Å². The van der Waals surface area contributed by atoms with Crippen molar-refractivity contribution in [2.75, 3.05) is 13.1 Å². The van der Waals surface area contributed by atoms with Gasteiger partial charge < -0.3 is 10.2 Å². The van der Waals surface area contributed by atoms with Crippen LogP contribution in [-0.2, 0) is 9.59 Å². The molecule has 2 amide bonds. The molecule has 1 saturated heterocycles. The second-order valence-corrected chi connectivity index (χ2v) is 4.52. The van der Waals surface area contributed by atoms with Crippen molar-refractivity contribution in [3.63, 3.8) is 0 Å². The molecule has 0 aliphatic carbocycles. The summed E-state index contributed by atoms with van der Waals surface area (Å²) in [6.07, 6.45) is 6.83. The van der Waals surface area contributed by atoms with E-state index in [0.29, 0.717) is 13.1 Å². The van der Waals surface area contributed by atoms with E-state index in [0.717, 1.165) is 5.56 Å². The summed E-state index contributed by atoms with van der Waals surface area (Å²) in [6.45, 7) is 2.89. The number of carbonyl (C=O) groups excluding carboxylic acids is 2. The topological polar surface area (TPSA) is 49.4 Å². The highest BCUT2D eigenvalue weighted by molar-refractivity contribution is 5.94. The lowest BCUT2D eigenvalue weighted by Crippen LogP contribution is -2.51. The molecular weight excluding hydrogens is 252 g/mol. The minimum Gasteiger partial charge on any atom is -0.352 e. The zero-order valence-electron chi connectivity index (χ0n) is 11.5. The van der Waals surface area contributed by atoms with E-state index in [1.165, 1.54) is 6.08 Å². The van der Waals surface area contributed by atoms with Gasteiger partial charge in [0.25, 0.3) is 0 Å². The summed E-state index contributed by atoms with van der Waals surface area (Å²) in [4.78, 5) is 25.9. The van der Waals surface area contributed by atoms with E-state index in [9.17, 15) is 9.59 Å². The number of benzene rings is 1. The van der Waals surface area contributed by atoms with E-state index in [4.69, 9.17) is 0 Å². The summed E-state index contributed by atoms with van der Waals surface area (Å²) < 4.78 is 0. The number of hydrogen-bond acceptors (Lipinski definition) is 2. The number of piperazine rings is 1. The van der Waals surface area contributed by atoms with Crippen molar-refractivity contribution < 1.29 is 9.59 Å². The molecule has 20 heavy (non-hydrogen) atoms. The third kappa shape index (κ3) is 3.15. The first-order valence-electron chi connectivity index (χ1n) is 6.66. The molecule has 0 aromatic heterocycles. The summed E-state index contributed by atoms with van der Waals surface area (Å²) in [6, 6.07) is 8.82. The summed E-state index contributed by atoms with van der Waals surface area (Å²) >= 11 is 0. The summed E-state index contributed by atoms with van der Waals surface area (Å²) in [5.74, 6) is -0.276. The maximum absolute atomic E-state index is 12.2. The van der Waals surface area contributed by atoms with Crippen LogP contribution >= 0.6 is 0 Å². The van der Waals surface area contributed by atoms with Crippen LogP contribution in [-0.4, -0.2) is 29.8 Å². The van der Waals surface area contributed by atoms with Gasteiger partial charge in [-0.25, -0.2) is 0 Å². The lowest BCUT2D eigenvalue weighted by molar-refractivity contribution is -0.140. The molecule has 0 spiro atoms. The van der Waals surface area contributed by atoms with Gasteiger partial charge in [0.15, 0.2) is 0 Å². The summed E-state index contributed by atoms with van der Waals surface area (Å²) in [7, 11) is 0. The Labute approximate surface area is 118 Å². The van der Waals surface area contributed by atoms with Crippen LogP contribution in [0.3, 0.4) is 0 Å². The molecule has 2 rings (SSSR count). The molecule has 1 heterocycles. The van der Waals surface area contributed by atoms with Gasteiger partial charge in [0.2, 0.25) is 11.8 Å². The number of rotatable bonds is 3. The highest BCUT2D eigenvalue weighted by atomic mass is 16.2. The fourth-order valence-corrected chi connectivity index (χ4v) is 2.22. The Kier molecular flexibility index (Phi) is 4.71. The van der Waals surface area contributed by atoms with Crippen LogP contribution < -0.4 is 5.32 Å². The van der Waals surface area contributed by atoms with E-state index >= 15 is 0 Å². The van der Waals surface area contributed by atoms with Gasteiger partial charge in [-0.3, -0.25) is 9.59 Å². The van der Waals surface area contributed by atoms with Crippen molar-refractivity contribution in [2.45, 2.75) is 13.0 Å². The van der Waals surface area contributed by atoms with Crippen molar-refractivity contribution >= 4 is 11.8 Å². The van der Waals surface area contributed by atoms with Gasteiger partial charge >= 0.3 is 0 Å². The van der Waals surface area contributed by atoms with E-state index < -0.39 is 6.04 Å². The first kappa shape index (κ1) is 14.1. The van der Waals surface area contributed by atoms with Crippen LogP contribution in [0.1, 0.15) is 18.5 Å². The Morgan fingerprint density at radius 2 is 2.05 bits per heavy atom. The number of carbonyl (C=O) groups is 2. The Balaban J connectivity index is 2.25. The fraction of sp³-hybridized carbons (Fsp3) is 0.250. The van der Waals surface area contributed by atoms with Gasteiger partial charge in [-0.2, -0.15) is 0 Å². The van der Waals surface area contributed by atoms with Crippen LogP contribution in [0.4, 0.5) is 0 Å². The first-order chi connectivity index (χ1) is 9.74. The van der Waals surface area contributed by atoms with Gasteiger partial charge in [-0.15, -0.1) is 0 Å². The van der Waals surface area contributed by atoms with Gasteiger partial charge in [0.05, 0.1) is 0 Å². The lowest BCUT2D eigenvalue weighted by Gasteiger charge is -2.34. The summed E-state index contributed by atoms with van der Waals surface area (Å²) in [5.41, 5.74) is 0.831. The predicted molar refractivity (Wildman–Crippen MR) is 77.9 cm³/mol. The van der Waals surface area contributed by atoms with Gasteiger partial charge in [-0.05, 0) is 12.5 Å². The lowest BCUT2D eigenvalue weighted by atomic mass is 10.0. The minimum absolute atomic E-state index is 0.129. The maximum atomic E-state index is 12.2. The largest absolute Gasteiger partial charge is 0.352 e. The normalized spacial score (nSPS) is 19.6. The molecule has 0 bridgehead atoms. The van der Waals surface area contributed by atoms with E-state index in [1.54, 1.807) is 17.1 Å². The average Bonchev–Trinajstić information content (AvgIpc) is 2.48. The molecule has 1 atom stereocenters. The fourth-order valence-electron chi connectivity index (χ4n) is 2.22. The third-order valence-corrected chi connectivity index (χ3v) is 3.15. The Bertz CT molecular complexity index is 535. The molecule has 1 fully saturated rings. The minimum atomic E-state index is -0.548. The zero-order chi connectivity index (χ0) is 14.4. The number of hydrogen-bond donors (Lipinski definition) is 1. The molecule has 0 saturated carbocycles. The average molecular weight is 270 g/mol. The molecule has 1 aliphatic heterocycles. The van der Waals surface area contributed by atoms with E-state index in [-0.39, 0.29) is 11.8 Å². The van der Waals surface area contributed by atoms with E-state index in [1.807, 2.05) is 43.3 Å². The van der Waals surface area contributed by atoms with Crippen molar-refractivity contribution in [1.29, 1.82) is 0 Å². The van der Waals surface area contributed by atoms with Crippen LogP contribution in [0.2, 0.25) is 0 Å². The Morgan fingerprint density at radius 1 is 1.30 bits per heavy atom. The molecule has 1 aliphatic rings. The molecule has 1 unspecified atom stereocenters. The number of nitrogens with one attached hydrogen (secondary N) is 1. The number of allylic oxidation sites excluding steroid dienone is 3. The maximum Gasteiger partial charge on any atom is 0.247 e. The standard InChI is InChI=1S/C16H18N2O2/c1-2-3-5-10-14(19)18-12-11-17-16(20)15(18)13-8-6-4-7-9-13/h2-10,15H,11-12H2,1H3,(H,17,20)/b3-2+,10-5+. The highest BCUT2D eigenvalue weighted by Crippen LogP contribution is 2.23. The SMILES string of the molecule is C/C=C/C=C/C(=O)N1CCNC(=O)C1c1ccccc1. The van der Waals surface area contributed by atoms with Gasteiger partial charge in [0.1, 0.15) is 6.04 Å². The number of amides is 2. The molecule has 4 heteroatoms. The monoisotopic (exact) mass is 270 g/mol. The van der Waals surface area contributed by atoms with Crippen LogP contribution in [0, 0.1) is 0 Å².